The predicted octanol–water partition coefficient (Wildman–Crippen LogP) is 6.45. The Labute approximate surface area is 326 Å². The third-order valence-electron chi connectivity index (χ3n) is 9.70. The molecule has 3 aliphatic carbocycles. The van der Waals surface area contributed by atoms with Gasteiger partial charge >= 0.3 is 52.4 Å². The van der Waals surface area contributed by atoms with E-state index in [-0.39, 0.29) is 28.3 Å². The summed E-state index contributed by atoms with van der Waals surface area (Å²) in [5, 5.41) is 0.194. The minimum atomic E-state index is -4.16. The quantitative estimate of drug-likeness (QED) is 0.105. The molecule has 3 saturated carbocycles. The second-order valence-electron chi connectivity index (χ2n) is 13.6. The molecule has 0 unspecified atom stereocenters. The van der Waals surface area contributed by atoms with E-state index in [0.717, 1.165) is 12.7 Å². The van der Waals surface area contributed by atoms with Gasteiger partial charge in [-0.2, -0.15) is 6.67 Å². The summed E-state index contributed by atoms with van der Waals surface area (Å²) >= 11 is -0.346. The number of rotatable bonds is 7. The molecule has 6 rings (SSSR count). The molecule has 2 aromatic rings. The van der Waals surface area contributed by atoms with Crippen LogP contribution >= 0.6 is 27.3 Å². The Kier molecular flexibility index (Phi) is 24.2. The van der Waals surface area contributed by atoms with Gasteiger partial charge in [0.05, 0.1) is 17.0 Å². The van der Waals surface area contributed by atoms with Crippen molar-refractivity contribution in [1.29, 1.82) is 0 Å². The van der Waals surface area contributed by atoms with Gasteiger partial charge in [0.2, 0.25) is 0 Å². The van der Waals surface area contributed by atoms with Gasteiger partial charge in [-0.25, -0.2) is 0 Å². The summed E-state index contributed by atoms with van der Waals surface area (Å²) in [5.74, 6) is 0. The normalized spacial score (nSPS) is 18.8. The van der Waals surface area contributed by atoms with Gasteiger partial charge in [0.1, 0.15) is 0 Å². The molecule has 9 nitrogen and oxygen atoms in total. The largest absolute Gasteiger partial charge is 0.0623 e. The first-order valence-corrected chi connectivity index (χ1v) is 27.9. The first kappa shape index (κ1) is 46.7. The molecule has 1 aliphatic heterocycles. The fourth-order valence-corrected chi connectivity index (χ4v) is 13.2. The van der Waals surface area contributed by atoms with E-state index in [1.54, 1.807) is 121 Å². The zero-order chi connectivity index (χ0) is 37.5. The van der Waals surface area contributed by atoms with Crippen molar-refractivity contribution >= 4 is 50.3 Å². The van der Waals surface area contributed by atoms with Gasteiger partial charge in [-0.3, -0.25) is 0 Å². The van der Waals surface area contributed by atoms with Crippen LogP contribution in [0.3, 0.4) is 0 Å². The van der Waals surface area contributed by atoms with Crippen molar-refractivity contribution in [2.45, 2.75) is 120 Å². The van der Waals surface area contributed by atoms with Crippen molar-refractivity contribution in [2.75, 3.05) is 14.2 Å². The van der Waals surface area contributed by atoms with Gasteiger partial charge in [0.15, 0.2) is 0 Å². The van der Waals surface area contributed by atoms with Crippen LogP contribution in [0, 0.1) is 6.67 Å². The molecule has 2 aromatic carbocycles. The Bertz CT molecular complexity index is 1100. The molecular formula is C36H61Cl2N2O7PRuSi2. The minimum absolute atomic E-state index is 0.0465. The molecule has 1 heterocycles. The molecule has 4 aliphatic rings. The molecule has 0 spiro atoms. The fraction of sp³-hybridized carbons (Fsp3) is 0.583. The van der Waals surface area contributed by atoms with Gasteiger partial charge in [0, 0.05) is 26.8 Å². The molecule has 15 heteroatoms. The van der Waals surface area contributed by atoms with Crippen LogP contribution in [0.25, 0.3) is 0 Å². The van der Waals surface area contributed by atoms with Gasteiger partial charge in [0.25, 0.3) is 0 Å². The molecule has 0 atom stereocenters. The summed E-state index contributed by atoms with van der Waals surface area (Å²) in [6.45, 7) is 2.66. The maximum Gasteiger partial charge on any atom is -0.0623 e. The van der Waals surface area contributed by atoms with Crippen LogP contribution in [-0.2, 0) is 26.1 Å². The smallest absolute Gasteiger partial charge is 0.0623 e. The average molecular weight is 893 g/mol. The number of hydrogen-bond donors (Lipinski definition) is 6. The van der Waals surface area contributed by atoms with E-state index in [2.05, 4.69) is 4.43 Å². The monoisotopic (exact) mass is 892 g/mol. The molecule has 0 bridgehead atoms. The summed E-state index contributed by atoms with van der Waals surface area (Å²) in [4.78, 5) is 54.9. The van der Waals surface area contributed by atoms with Crippen LogP contribution in [0.1, 0.15) is 102 Å². The summed E-state index contributed by atoms with van der Waals surface area (Å²) in [5.41, 5.74) is 4.71. The van der Waals surface area contributed by atoms with Crippen LogP contribution < -0.4 is 5.19 Å². The Morgan fingerprint density at radius 2 is 1.04 bits per heavy atom. The Morgan fingerprint density at radius 3 is 1.31 bits per heavy atom. The van der Waals surface area contributed by atoms with Crippen molar-refractivity contribution < 1.29 is 48.3 Å². The van der Waals surface area contributed by atoms with E-state index in [1.807, 2.05) is 72.3 Å². The molecular weight excluding hydrogens is 832 g/mol. The number of benzene rings is 2. The number of nitrogens with zero attached hydrogens (tertiary/aromatic N) is 2. The standard InChI is InChI=1S/C18H33P.C11H15N2O3Si.C6H6.CH6O4Si.2ClH.Ru/c1-4-10-16(11-5-1)19(17-12-6-2-7-13-17)18-14-8-3-9-15-18;1-12-6-7-13(9-12)8-10-2-4-11(5-3-10)17(14,15)16;1-2-4-6-5-3-1;1-5-6(2,3)4;;;/h16-18H,1-15H2;2-7,9,14-16H,8H2,1H3;1-6H;2-4H,1H3;2*1H;/q;-1;;;;;+2/p-1. The Morgan fingerprint density at radius 1 is 0.686 bits per heavy atom. The maximum absolute atomic E-state index is 9.11. The third-order valence-corrected chi connectivity index (χ3v) is 15.9. The van der Waals surface area contributed by atoms with E-state index < -0.39 is 17.9 Å². The first-order valence-electron chi connectivity index (χ1n) is 18.1. The first-order chi connectivity index (χ1) is 24.4. The van der Waals surface area contributed by atoms with E-state index >= 15 is 0 Å². The second kappa shape index (κ2) is 26.4. The van der Waals surface area contributed by atoms with Crippen LogP contribution in [0.4, 0.5) is 0 Å². The van der Waals surface area contributed by atoms with Crippen LogP contribution in [0.2, 0.25) is 0 Å². The summed E-state index contributed by atoms with van der Waals surface area (Å²) < 4.78 is 3.74. The molecule has 3 fully saturated rings. The molecule has 6 N–H and O–H groups in total. The molecule has 51 heavy (non-hydrogen) atoms. The molecule has 292 valence electrons. The summed E-state index contributed by atoms with van der Waals surface area (Å²) in [6, 6.07) is 18.6. The number of halogens is 2. The molecule has 0 radical (unpaired) electrons. The molecule has 0 saturated heterocycles. The average Bonchev–Trinajstić information content (AvgIpc) is 3.55. The molecule has 0 aromatic heterocycles. The topological polar surface area (TPSA) is 137 Å². The fourth-order valence-electron chi connectivity index (χ4n) is 7.33. The third kappa shape index (κ3) is 20.7. The SMILES string of the molecule is C1CCC([PH+](C2CCCCC2)C2CCCCC2)CC1.CN1C=CN(Cc2ccc([Si](O)(O)O)cc2)[CH-]1.CO[Si](O)(O)O.[Cl][Ru][Cl].c1ccccc1. The van der Waals surface area contributed by atoms with Crippen LogP contribution in [-0.4, -0.2) is 87.6 Å². The van der Waals surface area contributed by atoms with Crippen LogP contribution in [0.5, 0.6) is 0 Å². The predicted molar refractivity (Wildman–Crippen MR) is 212 cm³/mol. The van der Waals surface area contributed by atoms with E-state index in [0.29, 0.717) is 6.54 Å². The minimum Gasteiger partial charge on any atom is -0.0623 e. The van der Waals surface area contributed by atoms with Gasteiger partial charge < -0.3 is 43.0 Å². The van der Waals surface area contributed by atoms with Gasteiger partial charge in [-0.15, -0.1) is 0 Å². The maximum atomic E-state index is 9.11. The number of hydrogen-bond acceptors (Lipinski definition) is 9. The second-order valence-corrected chi connectivity index (χ2v) is 23.1. The van der Waals surface area contributed by atoms with Crippen molar-refractivity contribution in [2.24, 2.45) is 0 Å². The molecule has 0 amide bonds. The van der Waals surface area contributed by atoms with Gasteiger partial charge in [-0.05, 0) is 102 Å². The Hall–Kier alpha value is -0.433. The van der Waals surface area contributed by atoms with E-state index in [9.17, 15) is 0 Å². The zero-order valence-corrected chi connectivity index (χ0v) is 36.4. The summed E-state index contributed by atoms with van der Waals surface area (Å²) in [6.07, 6.45) is 27.7. The summed E-state index contributed by atoms with van der Waals surface area (Å²) in [7, 11) is 4.34. The van der Waals surface area contributed by atoms with Crippen molar-refractivity contribution in [1.82, 2.24) is 9.80 Å². The van der Waals surface area contributed by atoms with E-state index in [1.165, 1.54) is 17.0 Å². The van der Waals surface area contributed by atoms with Crippen molar-refractivity contribution in [3.05, 3.63) is 85.3 Å². The Balaban J connectivity index is 0.000000255. The zero-order valence-electron chi connectivity index (χ0n) is 30.1. The van der Waals surface area contributed by atoms with E-state index in [4.69, 9.17) is 48.2 Å². The van der Waals surface area contributed by atoms with Gasteiger partial charge in [-0.1, -0.05) is 79.9 Å². The van der Waals surface area contributed by atoms with Crippen molar-refractivity contribution in [3.8, 4) is 0 Å². The van der Waals surface area contributed by atoms with Crippen LogP contribution in [0.15, 0.2) is 73.1 Å². The van der Waals surface area contributed by atoms with Crippen molar-refractivity contribution in [3.63, 3.8) is 0 Å².